The van der Waals surface area contributed by atoms with E-state index in [1.807, 2.05) is 42.5 Å². The number of ether oxygens (including phenoxy) is 1. The fourth-order valence-corrected chi connectivity index (χ4v) is 4.11. The molecule has 0 atom stereocenters. The normalized spacial score (nSPS) is 15.4. The first kappa shape index (κ1) is 21.9. The van der Waals surface area contributed by atoms with Crippen molar-refractivity contribution in [3.05, 3.63) is 77.5 Å². The first-order valence-corrected chi connectivity index (χ1v) is 11.6. The van der Waals surface area contributed by atoms with Crippen molar-refractivity contribution < 1.29 is 19.1 Å². The van der Waals surface area contributed by atoms with Crippen LogP contribution >= 0.6 is 0 Å². The van der Waals surface area contributed by atoms with Gasteiger partial charge in [-0.2, -0.15) is 5.10 Å². The van der Waals surface area contributed by atoms with Gasteiger partial charge in [0, 0.05) is 31.5 Å². The molecule has 1 aromatic heterocycles. The highest BCUT2D eigenvalue weighted by Gasteiger charge is 2.28. The minimum absolute atomic E-state index is 0.129. The first-order valence-electron chi connectivity index (χ1n) is 11.6. The van der Waals surface area contributed by atoms with Crippen LogP contribution < -0.4 is 5.32 Å². The van der Waals surface area contributed by atoms with E-state index in [0.717, 1.165) is 42.8 Å². The Balaban J connectivity index is 1.21. The number of para-hydroxylation sites is 1. The van der Waals surface area contributed by atoms with Gasteiger partial charge in [-0.1, -0.05) is 30.3 Å². The zero-order chi connectivity index (χ0) is 23.5. The molecule has 2 aromatic carbocycles. The fourth-order valence-electron chi connectivity index (χ4n) is 4.11. The van der Waals surface area contributed by atoms with E-state index in [9.17, 15) is 14.4 Å². The number of nitrogens with zero attached hydrogens (tertiary/aromatic N) is 3. The van der Waals surface area contributed by atoms with Crippen molar-refractivity contribution in [3.8, 4) is 5.69 Å². The number of hydrogen-bond acceptors (Lipinski definition) is 5. The van der Waals surface area contributed by atoms with Gasteiger partial charge in [0.15, 0.2) is 6.61 Å². The Labute approximate surface area is 197 Å². The van der Waals surface area contributed by atoms with E-state index in [4.69, 9.17) is 4.74 Å². The number of carbonyl (C=O) groups excluding carboxylic acids is 3. The van der Waals surface area contributed by atoms with Crippen LogP contribution in [0.1, 0.15) is 53.2 Å². The molecule has 2 amide bonds. The van der Waals surface area contributed by atoms with Gasteiger partial charge in [0.2, 0.25) is 5.91 Å². The van der Waals surface area contributed by atoms with E-state index < -0.39 is 18.5 Å². The third-order valence-electron chi connectivity index (χ3n) is 6.03. The molecule has 3 aromatic rings. The Kier molecular flexibility index (Phi) is 6.12. The molecule has 8 nitrogen and oxygen atoms in total. The smallest absolute Gasteiger partial charge is 0.338 e. The molecule has 2 fully saturated rings. The number of nitrogens with one attached hydrogen (secondary N) is 1. The number of rotatable bonds is 8. The average molecular weight is 459 g/mol. The molecule has 174 valence electrons. The van der Waals surface area contributed by atoms with E-state index in [1.54, 1.807) is 27.8 Å². The number of hydrogen-bond donors (Lipinski definition) is 1. The van der Waals surface area contributed by atoms with Crippen molar-refractivity contribution in [1.29, 1.82) is 0 Å². The van der Waals surface area contributed by atoms with Gasteiger partial charge in [-0.3, -0.25) is 9.59 Å². The molecule has 1 saturated heterocycles. The summed E-state index contributed by atoms with van der Waals surface area (Å²) >= 11 is 0. The minimum Gasteiger partial charge on any atom is -0.452 e. The SMILES string of the molecule is O=C(COC(=O)c1cccc(CN2CCCC2=O)c1)Nc1cc(C2CC2)nn1-c1ccccc1. The molecular weight excluding hydrogens is 432 g/mol. The maximum atomic E-state index is 12.6. The number of likely N-dealkylation sites (tertiary alicyclic amines) is 1. The predicted molar refractivity (Wildman–Crippen MR) is 126 cm³/mol. The molecule has 2 heterocycles. The van der Waals surface area contributed by atoms with Gasteiger partial charge in [-0.15, -0.1) is 0 Å². The lowest BCUT2D eigenvalue weighted by Gasteiger charge is -2.15. The monoisotopic (exact) mass is 458 g/mol. The number of benzene rings is 2. The lowest BCUT2D eigenvalue weighted by atomic mass is 10.1. The lowest BCUT2D eigenvalue weighted by molar-refractivity contribution is -0.128. The van der Waals surface area contributed by atoms with Crippen LogP contribution in [-0.2, 0) is 20.9 Å². The molecule has 0 radical (unpaired) electrons. The Hall–Kier alpha value is -3.94. The number of amides is 2. The summed E-state index contributed by atoms with van der Waals surface area (Å²) in [5.74, 6) is 0.0869. The van der Waals surface area contributed by atoms with Crippen molar-refractivity contribution in [2.24, 2.45) is 0 Å². The fraction of sp³-hybridized carbons (Fsp3) is 0.308. The summed E-state index contributed by atoms with van der Waals surface area (Å²) in [6, 6.07) is 18.4. The largest absolute Gasteiger partial charge is 0.452 e. The van der Waals surface area contributed by atoms with E-state index in [-0.39, 0.29) is 5.91 Å². The summed E-state index contributed by atoms with van der Waals surface area (Å²) in [4.78, 5) is 38.8. The predicted octanol–water partition coefficient (Wildman–Crippen LogP) is 3.67. The van der Waals surface area contributed by atoms with Crippen LogP contribution in [0.4, 0.5) is 5.82 Å². The highest BCUT2D eigenvalue weighted by molar-refractivity contribution is 5.95. The van der Waals surface area contributed by atoms with Crippen LogP contribution in [0.2, 0.25) is 0 Å². The molecule has 8 heteroatoms. The van der Waals surface area contributed by atoms with E-state index in [1.165, 1.54) is 0 Å². The van der Waals surface area contributed by atoms with Crippen LogP contribution in [0.3, 0.4) is 0 Å². The van der Waals surface area contributed by atoms with Crippen LogP contribution in [0.5, 0.6) is 0 Å². The molecule has 2 aliphatic rings. The van der Waals surface area contributed by atoms with Crippen LogP contribution in [0.15, 0.2) is 60.7 Å². The van der Waals surface area contributed by atoms with Gasteiger partial charge >= 0.3 is 5.97 Å². The van der Waals surface area contributed by atoms with Crippen molar-refractivity contribution in [3.63, 3.8) is 0 Å². The van der Waals surface area contributed by atoms with Crippen molar-refractivity contribution in [1.82, 2.24) is 14.7 Å². The Morgan fingerprint density at radius 1 is 1.06 bits per heavy atom. The quantitative estimate of drug-likeness (QED) is 0.520. The molecule has 0 spiro atoms. The van der Waals surface area contributed by atoms with Gasteiger partial charge in [0.25, 0.3) is 5.91 Å². The lowest BCUT2D eigenvalue weighted by Crippen LogP contribution is -2.24. The van der Waals surface area contributed by atoms with E-state index in [0.29, 0.717) is 30.3 Å². The first-order chi connectivity index (χ1) is 16.6. The standard InChI is InChI=1S/C26H26N4O4/c31-24(27-23-15-22(19-11-12-19)28-30(23)21-8-2-1-3-9-21)17-34-26(33)20-7-4-6-18(14-20)16-29-13-5-10-25(29)32/h1-4,6-9,14-15,19H,5,10-13,16-17H2,(H,27,31). The number of carbonyl (C=O) groups is 3. The summed E-state index contributed by atoms with van der Waals surface area (Å²) in [6.07, 6.45) is 3.63. The topological polar surface area (TPSA) is 93.5 Å². The second-order valence-corrected chi connectivity index (χ2v) is 8.72. The van der Waals surface area contributed by atoms with Crippen LogP contribution in [0, 0.1) is 0 Å². The maximum absolute atomic E-state index is 12.6. The molecule has 0 bridgehead atoms. The number of aromatic nitrogens is 2. The van der Waals surface area contributed by atoms with Gasteiger partial charge in [-0.05, 0) is 49.1 Å². The minimum atomic E-state index is -0.583. The molecule has 34 heavy (non-hydrogen) atoms. The number of anilines is 1. The van der Waals surface area contributed by atoms with Gasteiger partial charge in [0.05, 0.1) is 16.9 Å². The summed E-state index contributed by atoms with van der Waals surface area (Å²) in [5, 5.41) is 7.49. The second kappa shape index (κ2) is 9.51. The average Bonchev–Trinajstić information content (AvgIpc) is 3.51. The van der Waals surface area contributed by atoms with Crippen LogP contribution in [-0.4, -0.2) is 45.6 Å². The second-order valence-electron chi connectivity index (χ2n) is 8.72. The molecule has 1 aliphatic heterocycles. The molecule has 0 unspecified atom stereocenters. The Morgan fingerprint density at radius 3 is 2.62 bits per heavy atom. The molecule has 5 rings (SSSR count). The third-order valence-corrected chi connectivity index (χ3v) is 6.03. The molecule has 1 aliphatic carbocycles. The highest BCUT2D eigenvalue weighted by atomic mass is 16.5. The van der Waals surface area contributed by atoms with E-state index >= 15 is 0 Å². The van der Waals surface area contributed by atoms with Crippen LogP contribution in [0.25, 0.3) is 5.69 Å². The van der Waals surface area contributed by atoms with E-state index in [2.05, 4.69) is 10.4 Å². The molecule has 1 saturated carbocycles. The van der Waals surface area contributed by atoms with Gasteiger partial charge < -0.3 is 15.0 Å². The maximum Gasteiger partial charge on any atom is 0.338 e. The zero-order valence-electron chi connectivity index (χ0n) is 18.8. The van der Waals surface area contributed by atoms with Crippen molar-refractivity contribution >= 4 is 23.6 Å². The summed E-state index contributed by atoms with van der Waals surface area (Å²) in [5.41, 5.74) is 3.00. The summed E-state index contributed by atoms with van der Waals surface area (Å²) in [7, 11) is 0. The number of esters is 1. The Morgan fingerprint density at radius 2 is 1.88 bits per heavy atom. The Bertz CT molecular complexity index is 1220. The van der Waals surface area contributed by atoms with Gasteiger partial charge in [0.1, 0.15) is 5.82 Å². The zero-order valence-corrected chi connectivity index (χ0v) is 18.8. The molecular formula is C26H26N4O4. The van der Waals surface area contributed by atoms with Crippen molar-refractivity contribution in [2.75, 3.05) is 18.5 Å². The summed E-state index contributed by atoms with van der Waals surface area (Å²) in [6.45, 7) is 0.787. The summed E-state index contributed by atoms with van der Waals surface area (Å²) < 4.78 is 6.96. The highest BCUT2D eigenvalue weighted by Crippen LogP contribution is 2.40. The molecule has 1 N–H and O–H groups in total. The third kappa shape index (κ3) is 5.01. The van der Waals surface area contributed by atoms with Crippen molar-refractivity contribution in [2.45, 2.75) is 38.1 Å². The van der Waals surface area contributed by atoms with Gasteiger partial charge in [-0.25, -0.2) is 9.48 Å².